The van der Waals surface area contributed by atoms with Crippen LogP contribution in [0, 0.1) is 0 Å². The molecule has 0 radical (unpaired) electrons. The van der Waals surface area contributed by atoms with Crippen molar-refractivity contribution in [2.24, 2.45) is 5.14 Å². The van der Waals surface area contributed by atoms with Gasteiger partial charge in [0, 0.05) is 5.56 Å². The second-order valence-corrected chi connectivity index (χ2v) is 5.39. The first kappa shape index (κ1) is 13.3. The summed E-state index contributed by atoms with van der Waals surface area (Å²) in [4.78, 5) is 11.8. The van der Waals surface area contributed by atoms with E-state index in [9.17, 15) is 13.2 Å². The Kier molecular flexibility index (Phi) is 3.64. The lowest BCUT2D eigenvalue weighted by Gasteiger charge is -2.09. The molecule has 0 saturated carbocycles. The number of primary sulfonamides is 1. The Hall–Kier alpha value is -2.18. The van der Waals surface area contributed by atoms with Crippen LogP contribution in [0.1, 0.15) is 10.4 Å². The molecule has 0 atom stereocenters. The third kappa shape index (κ3) is 3.18. The van der Waals surface area contributed by atoms with Crippen molar-refractivity contribution in [1.82, 2.24) is 0 Å². The van der Waals surface area contributed by atoms with Crippen molar-refractivity contribution in [2.75, 3.05) is 5.32 Å². The second kappa shape index (κ2) is 5.21. The quantitative estimate of drug-likeness (QED) is 0.892. The Balaban J connectivity index is 2.33. The number of sulfonamides is 1. The maximum Gasteiger partial charge on any atom is 0.255 e. The van der Waals surface area contributed by atoms with Gasteiger partial charge in [-0.15, -0.1) is 0 Å². The highest BCUT2D eigenvalue weighted by atomic mass is 32.2. The Bertz CT molecular complexity index is 697. The van der Waals surface area contributed by atoms with Gasteiger partial charge in [0.1, 0.15) is 4.90 Å². The highest BCUT2D eigenvalue weighted by Gasteiger charge is 2.15. The number of rotatable bonds is 3. The zero-order valence-electron chi connectivity index (χ0n) is 9.91. The smallest absolute Gasteiger partial charge is 0.255 e. The monoisotopic (exact) mass is 276 g/mol. The molecule has 0 aliphatic heterocycles. The summed E-state index contributed by atoms with van der Waals surface area (Å²) in [6.07, 6.45) is 0. The van der Waals surface area contributed by atoms with E-state index >= 15 is 0 Å². The zero-order chi connectivity index (χ0) is 13.9. The molecule has 98 valence electrons. The van der Waals surface area contributed by atoms with Gasteiger partial charge in [-0.1, -0.05) is 30.3 Å². The van der Waals surface area contributed by atoms with Gasteiger partial charge in [0.2, 0.25) is 10.0 Å². The molecule has 6 heteroatoms. The summed E-state index contributed by atoms with van der Waals surface area (Å²) in [7, 11) is -3.88. The molecule has 0 heterocycles. The van der Waals surface area contributed by atoms with Crippen LogP contribution < -0.4 is 10.5 Å². The van der Waals surface area contributed by atoms with Crippen LogP contribution in [0.4, 0.5) is 5.69 Å². The number of hydrogen-bond acceptors (Lipinski definition) is 3. The van der Waals surface area contributed by atoms with Gasteiger partial charge in [-0.2, -0.15) is 0 Å². The van der Waals surface area contributed by atoms with Crippen molar-refractivity contribution in [3.05, 3.63) is 60.2 Å². The first-order valence-corrected chi connectivity index (χ1v) is 7.01. The van der Waals surface area contributed by atoms with Gasteiger partial charge in [-0.05, 0) is 24.3 Å². The van der Waals surface area contributed by atoms with E-state index in [-0.39, 0.29) is 10.6 Å². The summed E-state index contributed by atoms with van der Waals surface area (Å²) in [6, 6.07) is 14.5. The van der Waals surface area contributed by atoms with Crippen molar-refractivity contribution in [2.45, 2.75) is 4.90 Å². The fraction of sp³-hybridized carbons (Fsp3) is 0. The lowest BCUT2D eigenvalue weighted by atomic mass is 10.2. The van der Waals surface area contributed by atoms with E-state index in [4.69, 9.17) is 5.14 Å². The topological polar surface area (TPSA) is 89.3 Å². The maximum absolute atomic E-state index is 11.9. The molecule has 2 aromatic rings. The van der Waals surface area contributed by atoms with Gasteiger partial charge in [0.05, 0.1) is 5.69 Å². The predicted octanol–water partition coefficient (Wildman–Crippen LogP) is 1.59. The molecule has 2 rings (SSSR count). The fourth-order valence-electron chi connectivity index (χ4n) is 1.60. The highest BCUT2D eigenvalue weighted by Crippen LogP contribution is 2.19. The van der Waals surface area contributed by atoms with E-state index in [1.807, 2.05) is 0 Å². The standard InChI is InChI=1S/C13H12N2O3S/c14-19(17,18)12-9-5-4-8-11(12)15-13(16)10-6-2-1-3-7-10/h1-9H,(H,15,16)(H2,14,17,18). The minimum Gasteiger partial charge on any atom is -0.321 e. The fourth-order valence-corrected chi connectivity index (χ4v) is 2.30. The number of para-hydroxylation sites is 1. The van der Waals surface area contributed by atoms with Crippen LogP contribution in [0.5, 0.6) is 0 Å². The first-order valence-electron chi connectivity index (χ1n) is 5.47. The van der Waals surface area contributed by atoms with Crippen LogP contribution in [0.3, 0.4) is 0 Å². The Labute approximate surface area is 111 Å². The number of anilines is 1. The molecule has 0 aliphatic carbocycles. The van der Waals surface area contributed by atoms with Crippen molar-refractivity contribution in [1.29, 1.82) is 0 Å². The summed E-state index contributed by atoms with van der Waals surface area (Å²) in [5, 5.41) is 7.63. The predicted molar refractivity (Wildman–Crippen MR) is 72.2 cm³/mol. The van der Waals surface area contributed by atoms with E-state index in [0.29, 0.717) is 5.56 Å². The number of amides is 1. The number of hydrogen-bond donors (Lipinski definition) is 2. The number of nitrogens with two attached hydrogens (primary N) is 1. The summed E-state index contributed by atoms with van der Waals surface area (Å²) < 4.78 is 22.8. The van der Waals surface area contributed by atoms with Crippen LogP contribution in [-0.2, 0) is 10.0 Å². The highest BCUT2D eigenvalue weighted by molar-refractivity contribution is 7.89. The molecule has 0 bridgehead atoms. The molecule has 0 spiro atoms. The lowest BCUT2D eigenvalue weighted by Crippen LogP contribution is -2.18. The van der Waals surface area contributed by atoms with E-state index in [1.165, 1.54) is 18.2 Å². The molecule has 0 fully saturated rings. The molecule has 19 heavy (non-hydrogen) atoms. The zero-order valence-corrected chi connectivity index (χ0v) is 10.7. The van der Waals surface area contributed by atoms with E-state index in [0.717, 1.165) is 0 Å². The van der Waals surface area contributed by atoms with Gasteiger partial charge in [-0.25, -0.2) is 13.6 Å². The molecule has 5 nitrogen and oxygen atoms in total. The van der Waals surface area contributed by atoms with Crippen molar-refractivity contribution >= 4 is 21.6 Å². The molecule has 0 saturated heterocycles. The number of benzene rings is 2. The molecule has 0 aromatic heterocycles. The first-order chi connectivity index (χ1) is 8.98. The van der Waals surface area contributed by atoms with Gasteiger partial charge in [-0.3, -0.25) is 4.79 Å². The molecular formula is C13H12N2O3S. The minimum absolute atomic E-state index is 0.112. The Morgan fingerprint density at radius 1 is 0.947 bits per heavy atom. The van der Waals surface area contributed by atoms with Crippen LogP contribution >= 0.6 is 0 Å². The normalized spacial score (nSPS) is 11.0. The molecule has 3 N–H and O–H groups in total. The summed E-state index contributed by atoms with van der Waals surface area (Å²) in [6.45, 7) is 0. The summed E-state index contributed by atoms with van der Waals surface area (Å²) in [5.74, 6) is -0.392. The number of carbonyl (C=O) groups excluding carboxylic acids is 1. The lowest BCUT2D eigenvalue weighted by molar-refractivity contribution is 0.102. The maximum atomic E-state index is 11.9. The van der Waals surface area contributed by atoms with Gasteiger partial charge < -0.3 is 5.32 Å². The van der Waals surface area contributed by atoms with E-state index < -0.39 is 15.9 Å². The van der Waals surface area contributed by atoms with E-state index in [2.05, 4.69) is 5.32 Å². The Morgan fingerprint density at radius 2 is 1.53 bits per heavy atom. The average Bonchev–Trinajstić information content (AvgIpc) is 2.39. The number of carbonyl (C=O) groups is 1. The van der Waals surface area contributed by atoms with E-state index in [1.54, 1.807) is 36.4 Å². The molecule has 1 amide bonds. The van der Waals surface area contributed by atoms with Crippen LogP contribution in [0.15, 0.2) is 59.5 Å². The minimum atomic E-state index is -3.88. The SMILES string of the molecule is NS(=O)(=O)c1ccccc1NC(=O)c1ccccc1. The Morgan fingerprint density at radius 3 is 2.16 bits per heavy atom. The van der Waals surface area contributed by atoms with Gasteiger partial charge in [0.15, 0.2) is 0 Å². The van der Waals surface area contributed by atoms with Crippen LogP contribution in [0.25, 0.3) is 0 Å². The van der Waals surface area contributed by atoms with Crippen molar-refractivity contribution in [3.63, 3.8) is 0 Å². The van der Waals surface area contributed by atoms with Crippen molar-refractivity contribution < 1.29 is 13.2 Å². The summed E-state index contributed by atoms with van der Waals surface area (Å²) >= 11 is 0. The van der Waals surface area contributed by atoms with Gasteiger partial charge >= 0.3 is 0 Å². The van der Waals surface area contributed by atoms with Crippen LogP contribution in [0.2, 0.25) is 0 Å². The van der Waals surface area contributed by atoms with Gasteiger partial charge in [0.25, 0.3) is 5.91 Å². The third-order valence-corrected chi connectivity index (χ3v) is 3.45. The molecule has 0 aliphatic rings. The van der Waals surface area contributed by atoms with Crippen LogP contribution in [-0.4, -0.2) is 14.3 Å². The number of nitrogens with one attached hydrogen (secondary N) is 1. The second-order valence-electron chi connectivity index (χ2n) is 3.86. The largest absolute Gasteiger partial charge is 0.321 e. The summed E-state index contributed by atoms with van der Waals surface area (Å²) in [5.41, 5.74) is 0.602. The average molecular weight is 276 g/mol. The molecular weight excluding hydrogens is 264 g/mol. The third-order valence-electron chi connectivity index (χ3n) is 2.48. The van der Waals surface area contributed by atoms with Crippen molar-refractivity contribution in [3.8, 4) is 0 Å². The molecule has 2 aromatic carbocycles. The molecule has 0 unspecified atom stereocenters.